The van der Waals surface area contributed by atoms with Gasteiger partial charge in [-0.15, -0.1) is 0 Å². The fraction of sp³-hybridized carbons (Fsp3) is 0.647. The molecule has 19 heavy (non-hydrogen) atoms. The van der Waals surface area contributed by atoms with E-state index in [9.17, 15) is 0 Å². The van der Waals surface area contributed by atoms with Crippen LogP contribution in [0.5, 0.6) is 0 Å². The van der Waals surface area contributed by atoms with Gasteiger partial charge in [0.25, 0.3) is 0 Å². The van der Waals surface area contributed by atoms with E-state index in [4.69, 9.17) is 0 Å². The van der Waals surface area contributed by atoms with Gasteiger partial charge in [-0.1, -0.05) is 24.3 Å². The molecule has 2 heteroatoms. The minimum atomic E-state index is 0.789. The Kier molecular flexibility index (Phi) is 3.08. The summed E-state index contributed by atoms with van der Waals surface area (Å²) in [5, 5.41) is 3.54. The van der Waals surface area contributed by atoms with Gasteiger partial charge in [0.2, 0.25) is 0 Å². The molecule has 1 aromatic rings. The van der Waals surface area contributed by atoms with Crippen LogP contribution in [0.1, 0.15) is 29.9 Å². The number of likely N-dealkylation sites (tertiary alicyclic amines) is 1. The Morgan fingerprint density at radius 1 is 1.11 bits per heavy atom. The summed E-state index contributed by atoms with van der Waals surface area (Å²) in [6, 6.07) is 9.13. The third-order valence-corrected chi connectivity index (χ3v) is 5.44. The Morgan fingerprint density at radius 3 is 2.74 bits per heavy atom. The summed E-state index contributed by atoms with van der Waals surface area (Å²) in [6.07, 6.45) is 4.06. The lowest BCUT2D eigenvalue weighted by atomic mass is 9.82. The van der Waals surface area contributed by atoms with E-state index in [-0.39, 0.29) is 0 Å². The average molecular weight is 256 g/mol. The second-order valence-corrected chi connectivity index (χ2v) is 6.68. The molecule has 0 bridgehead atoms. The molecule has 3 aliphatic rings. The lowest BCUT2D eigenvalue weighted by molar-refractivity contribution is 0.281. The molecular formula is C17H24N2. The number of rotatable bonds is 2. The Balaban J connectivity index is 1.47. The molecule has 0 amide bonds. The summed E-state index contributed by atoms with van der Waals surface area (Å²) in [7, 11) is 0. The highest BCUT2D eigenvalue weighted by molar-refractivity contribution is 5.32. The summed E-state index contributed by atoms with van der Waals surface area (Å²) in [6.45, 7) is 6.46. The summed E-state index contributed by atoms with van der Waals surface area (Å²) < 4.78 is 0. The Hall–Kier alpha value is -0.860. The van der Waals surface area contributed by atoms with Crippen LogP contribution in [0.25, 0.3) is 0 Å². The molecule has 2 nitrogen and oxygen atoms in total. The first-order valence-corrected chi connectivity index (χ1v) is 7.91. The maximum absolute atomic E-state index is 3.54. The fourth-order valence-corrected chi connectivity index (χ4v) is 4.46. The first-order chi connectivity index (χ1) is 9.40. The summed E-state index contributed by atoms with van der Waals surface area (Å²) in [5.74, 6) is 2.65. The molecule has 1 aromatic carbocycles. The predicted molar refractivity (Wildman–Crippen MR) is 78.4 cm³/mol. The number of nitrogens with one attached hydrogen (secondary N) is 1. The van der Waals surface area contributed by atoms with Crippen molar-refractivity contribution in [3.63, 3.8) is 0 Å². The molecule has 0 saturated carbocycles. The van der Waals surface area contributed by atoms with Crippen molar-refractivity contribution in [3.8, 4) is 0 Å². The molecule has 102 valence electrons. The minimum Gasteiger partial charge on any atom is -0.316 e. The molecule has 3 atom stereocenters. The van der Waals surface area contributed by atoms with Crippen molar-refractivity contribution >= 4 is 0 Å². The predicted octanol–water partition coefficient (Wildman–Crippen LogP) is 2.26. The van der Waals surface area contributed by atoms with Crippen molar-refractivity contribution < 1.29 is 0 Å². The van der Waals surface area contributed by atoms with Gasteiger partial charge in [-0.05, 0) is 61.2 Å². The van der Waals surface area contributed by atoms with Crippen molar-refractivity contribution in [1.29, 1.82) is 0 Å². The zero-order valence-electron chi connectivity index (χ0n) is 11.6. The van der Waals surface area contributed by atoms with Crippen LogP contribution >= 0.6 is 0 Å². The Labute approximate surface area is 116 Å². The van der Waals surface area contributed by atoms with Gasteiger partial charge in [0, 0.05) is 19.6 Å². The van der Waals surface area contributed by atoms with E-state index in [1.165, 1.54) is 52.0 Å². The van der Waals surface area contributed by atoms with Crippen molar-refractivity contribution in [2.75, 3.05) is 32.7 Å². The number of aryl methyl sites for hydroxylation is 1. The molecular weight excluding hydrogens is 232 g/mol. The number of nitrogens with zero attached hydrogens (tertiary/aromatic N) is 1. The van der Waals surface area contributed by atoms with Crippen LogP contribution in [0.2, 0.25) is 0 Å². The van der Waals surface area contributed by atoms with E-state index in [0.29, 0.717) is 0 Å². The van der Waals surface area contributed by atoms with Crippen LogP contribution in [0, 0.1) is 11.8 Å². The average Bonchev–Trinajstić information content (AvgIpc) is 3.00. The highest BCUT2D eigenvalue weighted by atomic mass is 15.2. The largest absolute Gasteiger partial charge is 0.316 e. The molecule has 2 heterocycles. The van der Waals surface area contributed by atoms with E-state index >= 15 is 0 Å². The number of hydrogen-bond donors (Lipinski definition) is 1. The molecule has 1 unspecified atom stereocenters. The highest BCUT2D eigenvalue weighted by Gasteiger charge is 2.37. The zero-order chi connectivity index (χ0) is 12.7. The van der Waals surface area contributed by atoms with Gasteiger partial charge in [-0.2, -0.15) is 0 Å². The number of fused-ring (bicyclic) bond motifs is 2. The molecule has 1 N–H and O–H groups in total. The van der Waals surface area contributed by atoms with E-state index in [0.717, 1.165) is 17.8 Å². The Morgan fingerprint density at radius 2 is 1.89 bits per heavy atom. The quantitative estimate of drug-likeness (QED) is 0.873. The third kappa shape index (κ3) is 2.21. The van der Waals surface area contributed by atoms with Crippen LogP contribution in [0.3, 0.4) is 0 Å². The molecule has 4 rings (SSSR count). The standard InChI is InChI=1S/C17H24N2/c1-2-7-17-13(4-1)5-3-6-14(17)10-19-11-15-8-18-9-16(15)12-19/h1-2,4,7,14-16,18H,3,5-6,8-12H2/t14?,15-,16+. The summed E-state index contributed by atoms with van der Waals surface area (Å²) in [4.78, 5) is 2.74. The van der Waals surface area contributed by atoms with Gasteiger partial charge >= 0.3 is 0 Å². The third-order valence-electron chi connectivity index (χ3n) is 5.44. The van der Waals surface area contributed by atoms with Crippen LogP contribution in [0.4, 0.5) is 0 Å². The van der Waals surface area contributed by atoms with Gasteiger partial charge in [-0.25, -0.2) is 0 Å². The number of hydrogen-bond acceptors (Lipinski definition) is 2. The topological polar surface area (TPSA) is 15.3 Å². The molecule has 0 spiro atoms. The van der Waals surface area contributed by atoms with Gasteiger partial charge in [0.1, 0.15) is 0 Å². The maximum atomic E-state index is 3.54. The minimum absolute atomic E-state index is 0.789. The van der Waals surface area contributed by atoms with Gasteiger partial charge < -0.3 is 10.2 Å². The zero-order valence-corrected chi connectivity index (χ0v) is 11.6. The van der Waals surface area contributed by atoms with Crippen molar-refractivity contribution in [1.82, 2.24) is 10.2 Å². The fourth-order valence-electron chi connectivity index (χ4n) is 4.46. The van der Waals surface area contributed by atoms with Gasteiger partial charge in [-0.3, -0.25) is 0 Å². The SMILES string of the molecule is c1ccc2c(c1)CCCC2CN1C[C@H]2CNC[C@H]2C1. The number of benzene rings is 1. The second-order valence-electron chi connectivity index (χ2n) is 6.68. The summed E-state index contributed by atoms with van der Waals surface area (Å²) >= 11 is 0. The van der Waals surface area contributed by atoms with E-state index in [1.54, 1.807) is 11.1 Å². The van der Waals surface area contributed by atoms with Crippen LogP contribution in [0.15, 0.2) is 24.3 Å². The normalized spacial score (nSPS) is 34.2. The van der Waals surface area contributed by atoms with Crippen molar-refractivity contribution in [3.05, 3.63) is 35.4 Å². The molecule has 0 aromatic heterocycles. The monoisotopic (exact) mass is 256 g/mol. The van der Waals surface area contributed by atoms with E-state index in [2.05, 4.69) is 34.5 Å². The van der Waals surface area contributed by atoms with E-state index in [1.807, 2.05) is 0 Å². The summed E-state index contributed by atoms with van der Waals surface area (Å²) in [5.41, 5.74) is 3.25. The lowest BCUT2D eigenvalue weighted by Crippen LogP contribution is -2.31. The van der Waals surface area contributed by atoms with Crippen LogP contribution < -0.4 is 5.32 Å². The highest BCUT2D eigenvalue weighted by Crippen LogP contribution is 2.34. The first-order valence-electron chi connectivity index (χ1n) is 7.91. The van der Waals surface area contributed by atoms with Crippen molar-refractivity contribution in [2.45, 2.75) is 25.2 Å². The molecule has 2 saturated heterocycles. The molecule has 1 aliphatic carbocycles. The first kappa shape index (κ1) is 11.9. The van der Waals surface area contributed by atoms with Crippen molar-refractivity contribution in [2.24, 2.45) is 11.8 Å². The lowest BCUT2D eigenvalue weighted by Gasteiger charge is -2.29. The molecule has 2 fully saturated rings. The van der Waals surface area contributed by atoms with Crippen LogP contribution in [-0.2, 0) is 6.42 Å². The van der Waals surface area contributed by atoms with Gasteiger partial charge in [0.05, 0.1) is 0 Å². The van der Waals surface area contributed by atoms with Crippen LogP contribution in [-0.4, -0.2) is 37.6 Å². The maximum Gasteiger partial charge on any atom is 0.00506 e. The van der Waals surface area contributed by atoms with E-state index < -0.39 is 0 Å². The molecule has 0 radical (unpaired) electrons. The Bertz CT molecular complexity index is 444. The molecule has 2 aliphatic heterocycles. The van der Waals surface area contributed by atoms with Gasteiger partial charge in [0.15, 0.2) is 0 Å². The smallest absolute Gasteiger partial charge is 0.00506 e. The second kappa shape index (κ2) is 4.92.